The third kappa shape index (κ3) is 3.30. The molecule has 1 rings (SSSR count). The summed E-state index contributed by atoms with van der Waals surface area (Å²) in [5, 5.41) is 9.00. The number of amides is 1. The van der Waals surface area contributed by atoms with Crippen LogP contribution in [-0.2, 0) is 6.42 Å². The number of hydrogen-bond acceptors (Lipinski definition) is 3. The van der Waals surface area contributed by atoms with Gasteiger partial charge in [-0.1, -0.05) is 6.92 Å². The molecule has 96 valence electrons. The van der Waals surface area contributed by atoms with Crippen molar-refractivity contribution >= 4 is 17.2 Å². The van der Waals surface area contributed by atoms with Gasteiger partial charge in [0, 0.05) is 17.5 Å². The first-order valence-corrected chi connectivity index (χ1v) is 6.84. The first kappa shape index (κ1) is 14.2. The summed E-state index contributed by atoms with van der Waals surface area (Å²) in [6.07, 6.45) is 0.956. The third-order valence-corrected chi connectivity index (χ3v) is 3.92. The lowest BCUT2D eigenvalue weighted by atomic mass is 10.2. The Morgan fingerprint density at radius 3 is 2.59 bits per heavy atom. The van der Waals surface area contributed by atoms with Gasteiger partial charge in [0.05, 0.1) is 11.5 Å². The Balaban J connectivity index is 2.92. The molecule has 1 aromatic heterocycles. The number of hydrogen-bond donors (Lipinski definition) is 1. The van der Waals surface area contributed by atoms with Crippen molar-refractivity contribution in [3.05, 3.63) is 21.4 Å². The largest absolute Gasteiger partial charge is 0.395 e. The highest BCUT2D eigenvalue weighted by molar-refractivity contribution is 7.14. The van der Waals surface area contributed by atoms with E-state index in [1.54, 1.807) is 16.2 Å². The minimum absolute atomic E-state index is 0.00884. The van der Waals surface area contributed by atoms with Gasteiger partial charge in [-0.3, -0.25) is 4.79 Å². The maximum absolute atomic E-state index is 12.3. The van der Waals surface area contributed by atoms with Gasteiger partial charge >= 0.3 is 0 Å². The molecule has 0 saturated carbocycles. The van der Waals surface area contributed by atoms with Crippen molar-refractivity contribution in [2.24, 2.45) is 0 Å². The monoisotopic (exact) mass is 255 g/mol. The molecule has 0 aliphatic heterocycles. The molecule has 17 heavy (non-hydrogen) atoms. The Morgan fingerprint density at radius 2 is 2.18 bits per heavy atom. The van der Waals surface area contributed by atoms with Gasteiger partial charge in [0.2, 0.25) is 0 Å². The number of thiophene rings is 1. The van der Waals surface area contributed by atoms with Gasteiger partial charge in [0.1, 0.15) is 0 Å². The zero-order valence-electron chi connectivity index (χ0n) is 11.0. The lowest BCUT2D eigenvalue weighted by molar-refractivity contribution is 0.0670. The van der Waals surface area contributed by atoms with Gasteiger partial charge in [-0.05, 0) is 38.8 Å². The van der Waals surface area contributed by atoms with E-state index in [-0.39, 0.29) is 18.6 Å². The number of aliphatic hydroxyl groups is 1. The molecule has 0 bridgehead atoms. The summed E-state index contributed by atoms with van der Waals surface area (Å²) in [5.74, 6) is 0.0295. The minimum Gasteiger partial charge on any atom is -0.395 e. The van der Waals surface area contributed by atoms with E-state index < -0.39 is 0 Å². The molecule has 1 aromatic rings. The molecule has 3 nitrogen and oxygen atoms in total. The average molecular weight is 255 g/mol. The Bertz CT molecular complexity index is 385. The zero-order valence-corrected chi connectivity index (χ0v) is 11.8. The fourth-order valence-electron chi connectivity index (χ4n) is 1.82. The van der Waals surface area contributed by atoms with Gasteiger partial charge < -0.3 is 10.0 Å². The molecule has 0 aliphatic rings. The van der Waals surface area contributed by atoms with Crippen LogP contribution in [0.3, 0.4) is 0 Å². The summed E-state index contributed by atoms with van der Waals surface area (Å²) in [4.78, 5) is 16.0. The van der Waals surface area contributed by atoms with Crippen LogP contribution in [-0.4, -0.2) is 35.1 Å². The van der Waals surface area contributed by atoms with E-state index in [0.29, 0.717) is 6.54 Å². The number of aliphatic hydroxyl groups excluding tert-OH is 1. The van der Waals surface area contributed by atoms with Crippen LogP contribution in [0.15, 0.2) is 6.07 Å². The predicted molar refractivity (Wildman–Crippen MR) is 71.7 cm³/mol. The molecule has 0 saturated heterocycles. The van der Waals surface area contributed by atoms with Crippen molar-refractivity contribution in [2.45, 2.75) is 40.2 Å². The molecule has 0 aliphatic carbocycles. The van der Waals surface area contributed by atoms with Crippen molar-refractivity contribution in [1.82, 2.24) is 4.90 Å². The van der Waals surface area contributed by atoms with Crippen LogP contribution < -0.4 is 0 Å². The number of rotatable bonds is 5. The number of carbonyl (C=O) groups excluding carboxylic acids is 1. The van der Waals surface area contributed by atoms with Crippen LogP contribution in [0.4, 0.5) is 0 Å². The maximum atomic E-state index is 12.3. The van der Waals surface area contributed by atoms with Crippen LogP contribution >= 0.6 is 11.3 Å². The molecule has 4 heteroatoms. The lowest BCUT2D eigenvalue weighted by Crippen LogP contribution is -2.38. The molecule has 0 atom stereocenters. The number of nitrogens with zero attached hydrogens (tertiary/aromatic N) is 1. The van der Waals surface area contributed by atoms with E-state index in [4.69, 9.17) is 5.11 Å². The summed E-state index contributed by atoms with van der Waals surface area (Å²) in [5.41, 5.74) is 1.24. The quantitative estimate of drug-likeness (QED) is 0.878. The lowest BCUT2D eigenvalue weighted by Gasteiger charge is -2.25. The fourth-order valence-corrected chi connectivity index (χ4v) is 2.89. The second kappa shape index (κ2) is 6.17. The smallest absolute Gasteiger partial charge is 0.264 e. The topological polar surface area (TPSA) is 40.5 Å². The van der Waals surface area contributed by atoms with Gasteiger partial charge in [0.25, 0.3) is 5.91 Å². The zero-order chi connectivity index (χ0) is 13.0. The summed E-state index contributed by atoms with van der Waals surface area (Å²) in [7, 11) is 0. The molecular weight excluding hydrogens is 234 g/mol. The van der Waals surface area contributed by atoms with Gasteiger partial charge in [0.15, 0.2) is 0 Å². The molecule has 0 spiro atoms. The molecule has 1 amide bonds. The normalized spacial score (nSPS) is 10.9. The van der Waals surface area contributed by atoms with E-state index in [1.807, 2.05) is 26.8 Å². The van der Waals surface area contributed by atoms with Crippen LogP contribution in [0.5, 0.6) is 0 Å². The summed E-state index contributed by atoms with van der Waals surface area (Å²) in [6, 6.07) is 2.09. The Labute approximate surface area is 107 Å². The third-order valence-electron chi connectivity index (χ3n) is 2.84. The summed E-state index contributed by atoms with van der Waals surface area (Å²) in [6.45, 7) is 8.48. The van der Waals surface area contributed by atoms with Crippen molar-refractivity contribution in [1.29, 1.82) is 0 Å². The Kier molecular flexibility index (Phi) is 5.15. The highest BCUT2D eigenvalue weighted by Gasteiger charge is 2.20. The van der Waals surface area contributed by atoms with Crippen molar-refractivity contribution < 1.29 is 9.90 Å². The van der Waals surface area contributed by atoms with Crippen LogP contribution in [0, 0.1) is 6.92 Å². The van der Waals surface area contributed by atoms with Crippen LogP contribution in [0.25, 0.3) is 0 Å². The molecule has 1 heterocycles. The van der Waals surface area contributed by atoms with Gasteiger partial charge in [-0.2, -0.15) is 0 Å². The highest BCUT2D eigenvalue weighted by Crippen LogP contribution is 2.23. The first-order chi connectivity index (χ1) is 8.01. The predicted octanol–water partition coefficient (Wildman–Crippen LogP) is 2.46. The van der Waals surface area contributed by atoms with E-state index in [1.165, 1.54) is 10.4 Å². The first-order valence-electron chi connectivity index (χ1n) is 6.02. The van der Waals surface area contributed by atoms with E-state index in [2.05, 4.69) is 6.92 Å². The van der Waals surface area contributed by atoms with E-state index in [0.717, 1.165) is 11.3 Å². The average Bonchev–Trinajstić information content (AvgIpc) is 2.66. The van der Waals surface area contributed by atoms with Crippen LogP contribution in [0.1, 0.15) is 40.9 Å². The Hall–Kier alpha value is -0.870. The summed E-state index contributed by atoms with van der Waals surface area (Å²) < 4.78 is 0. The Morgan fingerprint density at radius 1 is 1.53 bits per heavy atom. The highest BCUT2D eigenvalue weighted by atomic mass is 32.1. The molecule has 1 N–H and O–H groups in total. The molecule has 0 aromatic carbocycles. The molecular formula is C13H21NO2S. The SMILES string of the molecule is CCc1cc(C(=O)N(CCO)C(C)C)sc1C. The van der Waals surface area contributed by atoms with E-state index >= 15 is 0 Å². The minimum atomic E-state index is 0.00884. The second-order valence-corrected chi connectivity index (χ2v) is 5.62. The van der Waals surface area contributed by atoms with Crippen molar-refractivity contribution in [3.8, 4) is 0 Å². The van der Waals surface area contributed by atoms with Crippen molar-refractivity contribution in [2.75, 3.05) is 13.2 Å². The summed E-state index contributed by atoms with van der Waals surface area (Å²) >= 11 is 1.55. The molecule has 0 radical (unpaired) electrons. The fraction of sp³-hybridized carbons (Fsp3) is 0.615. The van der Waals surface area contributed by atoms with E-state index in [9.17, 15) is 4.79 Å². The standard InChI is InChI=1S/C13H21NO2S/c1-5-11-8-12(17-10(11)4)13(16)14(6-7-15)9(2)3/h8-9,15H,5-7H2,1-4H3. The van der Waals surface area contributed by atoms with Crippen molar-refractivity contribution in [3.63, 3.8) is 0 Å². The number of aryl methyl sites for hydroxylation is 2. The molecule has 0 unspecified atom stereocenters. The second-order valence-electron chi connectivity index (χ2n) is 4.36. The van der Waals surface area contributed by atoms with Crippen LogP contribution in [0.2, 0.25) is 0 Å². The van der Waals surface area contributed by atoms with Gasteiger partial charge in [-0.25, -0.2) is 0 Å². The van der Waals surface area contributed by atoms with Gasteiger partial charge in [-0.15, -0.1) is 11.3 Å². The molecule has 0 fully saturated rings. The number of carbonyl (C=O) groups is 1. The maximum Gasteiger partial charge on any atom is 0.264 e.